The lowest BCUT2D eigenvalue weighted by atomic mass is 10.3. The molecule has 0 amide bonds. The van der Waals surface area contributed by atoms with Gasteiger partial charge in [0, 0.05) is 31.1 Å². The molecule has 0 unspecified atom stereocenters. The number of piperazine rings is 1. The fourth-order valence-electron chi connectivity index (χ4n) is 2.21. The number of sulfonamides is 1. The zero-order valence-corrected chi connectivity index (χ0v) is 14.4. The fourth-order valence-corrected chi connectivity index (χ4v) is 6.01. The van der Waals surface area contributed by atoms with Crippen molar-refractivity contribution >= 4 is 37.3 Å². The Bertz CT molecular complexity index is 607. The zero-order valence-electron chi connectivity index (χ0n) is 11.2. The smallest absolute Gasteiger partial charge is 0.292 e. The summed E-state index contributed by atoms with van der Waals surface area (Å²) >= 11 is 4.56. The summed E-state index contributed by atoms with van der Waals surface area (Å²) in [5.41, 5.74) is 0. The van der Waals surface area contributed by atoms with Gasteiger partial charge in [0.05, 0.1) is 15.2 Å². The van der Waals surface area contributed by atoms with E-state index in [0.29, 0.717) is 8.66 Å². The van der Waals surface area contributed by atoms with Gasteiger partial charge in [0.2, 0.25) is 10.0 Å². The van der Waals surface area contributed by atoms with E-state index in [0.717, 1.165) is 0 Å². The van der Waals surface area contributed by atoms with E-state index in [9.17, 15) is 21.6 Å². The van der Waals surface area contributed by atoms with Crippen molar-refractivity contribution in [2.45, 2.75) is 18.0 Å². The van der Waals surface area contributed by atoms with Crippen molar-refractivity contribution in [2.75, 3.05) is 32.7 Å². The van der Waals surface area contributed by atoms with E-state index in [1.165, 1.54) is 26.6 Å². The van der Waals surface area contributed by atoms with Crippen LogP contribution in [0.4, 0.5) is 13.2 Å². The highest BCUT2D eigenvalue weighted by atomic mass is 79.9. The molecule has 2 rings (SSSR count). The molecule has 1 aromatic heterocycles. The minimum atomic E-state index is -4.25. The Hall–Kier alpha value is -0.160. The molecule has 1 aliphatic rings. The second-order valence-corrected chi connectivity index (χ2v) is 9.31. The lowest BCUT2D eigenvalue weighted by Crippen LogP contribution is -2.50. The van der Waals surface area contributed by atoms with Crippen molar-refractivity contribution in [3.05, 3.63) is 14.7 Å². The summed E-state index contributed by atoms with van der Waals surface area (Å²) in [4.78, 5) is 2.12. The van der Waals surface area contributed by atoms with Gasteiger partial charge in [0.15, 0.2) is 0 Å². The van der Waals surface area contributed by atoms with E-state index < -0.39 is 22.7 Å². The maximum Gasteiger partial charge on any atom is 0.401 e. The summed E-state index contributed by atoms with van der Waals surface area (Å²) in [7, 11) is -3.63. The highest BCUT2D eigenvalue weighted by Crippen LogP contribution is 2.32. The Morgan fingerprint density at radius 2 is 1.86 bits per heavy atom. The third-order valence-electron chi connectivity index (χ3n) is 3.19. The van der Waals surface area contributed by atoms with Crippen molar-refractivity contribution < 1.29 is 21.6 Å². The molecule has 0 saturated carbocycles. The van der Waals surface area contributed by atoms with Crippen LogP contribution in [0.1, 0.15) is 4.88 Å². The van der Waals surface area contributed by atoms with Crippen molar-refractivity contribution in [1.82, 2.24) is 9.21 Å². The lowest BCUT2D eigenvalue weighted by molar-refractivity contribution is -0.148. The van der Waals surface area contributed by atoms with Gasteiger partial charge in [-0.25, -0.2) is 8.42 Å². The van der Waals surface area contributed by atoms with E-state index in [-0.39, 0.29) is 31.1 Å². The van der Waals surface area contributed by atoms with Crippen LogP contribution in [-0.4, -0.2) is 56.5 Å². The maximum atomic E-state index is 12.5. The number of aryl methyl sites for hydroxylation is 1. The Kier molecular flexibility index (Phi) is 5.04. The SMILES string of the molecule is Cc1sc(Br)cc1S(=O)(=O)N1CCN(CC(F)(F)F)CC1. The summed E-state index contributed by atoms with van der Waals surface area (Å²) in [6, 6.07) is 1.54. The fraction of sp³-hybridized carbons (Fsp3) is 0.636. The quantitative estimate of drug-likeness (QED) is 0.774. The summed E-state index contributed by atoms with van der Waals surface area (Å²) < 4.78 is 63.9. The van der Waals surface area contributed by atoms with Gasteiger partial charge >= 0.3 is 6.18 Å². The molecule has 0 bridgehead atoms. The van der Waals surface area contributed by atoms with Gasteiger partial charge in [-0.1, -0.05) is 0 Å². The molecule has 0 spiro atoms. The van der Waals surface area contributed by atoms with Gasteiger partial charge in [0.1, 0.15) is 0 Å². The average Bonchev–Trinajstić information content (AvgIpc) is 2.68. The monoisotopic (exact) mass is 406 g/mol. The summed E-state index contributed by atoms with van der Waals surface area (Å²) in [6.45, 7) is 1.04. The number of nitrogens with zero attached hydrogens (tertiary/aromatic N) is 2. The van der Waals surface area contributed by atoms with E-state index in [1.54, 1.807) is 6.92 Å². The van der Waals surface area contributed by atoms with E-state index in [4.69, 9.17) is 0 Å². The van der Waals surface area contributed by atoms with E-state index in [1.807, 2.05) is 0 Å². The summed E-state index contributed by atoms with van der Waals surface area (Å²) in [6.07, 6.45) is -4.25. The summed E-state index contributed by atoms with van der Waals surface area (Å²) in [5, 5.41) is 0. The van der Waals surface area contributed by atoms with Crippen LogP contribution in [-0.2, 0) is 10.0 Å². The van der Waals surface area contributed by atoms with Crippen molar-refractivity contribution in [3.8, 4) is 0 Å². The van der Waals surface area contributed by atoms with Gasteiger partial charge in [-0.05, 0) is 28.9 Å². The second kappa shape index (κ2) is 6.15. The van der Waals surface area contributed by atoms with Crippen molar-refractivity contribution in [1.29, 1.82) is 0 Å². The Morgan fingerprint density at radius 1 is 1.29 bits per heavy atom. The molecule has 0 radical (unpaired) electrons. The van der Waals surface area contributed by atoms with Gasteiger partial charge < -0.3 is 0 Å². The third kappa shape index (κ3) is 4.19. The number of halogens is 4. The van der Waals surface area contributed by atoms with Gasteiger partial charge in [-0.15, -0.1) is 11.3 Å². The van der Waals surface area contributed by atoms with Gasteiger partial charge in [-0.3, -0.25) is 4.90 Å². The predicted molar refractivity (Wildman–Crippen MR) is 78.0 cm³/mol. The molecule has 0 atom stereocenters. The molecule has 0 aromatic carbocycles. The first-order chi connectivity index (χ1) is 9.59. The highest BCUT2D eigenvalue weighted by Gasteiger charge is 2.35. The first-order valence-corrected chi connectivity index (χ1v) is 9.20. The average molecular weight is 407 g/mol. The summed E-state index contributed by atoms with van der Waals surface area (Å²) in [5.74, 6) is 0. The molecular formula is C11H14BrF3N2O2S2. The Morgan fingerprint density at radius 3 is 2.29 bits per heavy atom. The van der Waals surface area contributed by atoms with Crippen molar-refractivity contribution in [2.24, 2.45) is 0 Å². The van der Waals surface area contributed by atoms with Crippen LogP contribution in [0.3, 0.4) is 0 Å². The lowest BCUT2D eigenvalue weighted by Gasteiger charge is -2.34. The normalized spacial score (nSPS) is 19.1. The van der Waals surface area contributed by atoms with Gasteiger partial charge in [-0.2, -0.15) is 17.5 Å². The molecule has 2 heterocycles. The Labute approximate surface area is 133 Å². The van der Waals surface area contributed by atoms with Crippen LogP contribution in [0, 0.1) is 6.92 Å². The first kappa shape index (κ1) is 17.2. The number of hydrogen-bond acceptors (Lipinski definition) is 4. The van der Waals surface area contributed by atoms with Crippen LogP contribution < -0.4 is 0 Å². The van der Waals surface area contributed by atoms with Crippen LogP contribution in [0.5, 0.6) is 0 Å². The molecule has 1 aromatic rings. The number of rotatable bonds is 3. The minimum Gasteiger partial charge on any atom is -0.292 e. The van der Waals surface area contributed by atoms with Crippen LogP contribution in [0.25, 0.3) is 0 Å². The first-order valence-electron chi connectivity index (χ1n) is 6.15. The Balaban J connectivity index is 2.06. The van der Waals surface area contributed by atoms with Crippen LogP contribution >= 0.6 is 27.3 Å². The molecular weight excluding hydrogens is 393 g/mol. The number of alkyl halides is 3. The molecule has 21 heavy (non-hydrogen) atoms. The molecule has 0 N–H and O–H groups in total. The zero-order chi connectivity index (χ0) is 15.8. The third-order valence-corrected chi connectivity index (χ3v) is 6.90. The molecule has 1 fully saturated rings. The van der Waals surface area contributed by atoms with Crippen LogP contribution in [0.15, 0.2) is 14.7 Å². The van der Waals surface area contributed by atoms with Gasteiger partial charge in [0.25, 0.3) is 0 Å². The van der Waals surface area contributed by atoms with E-state index >= 15 is 0 Å². The largest absolute Gasteiger partial charge is 0.401 e. The maximum absolute atomic E-state index is 12.5. The number of thiophene rings is 1. The highest BCUT2D eigenvalue weighted by molar-refractivity contribution is 9.11. The van der Waals surface area contributed by atoms with Crippen LogP contribution in [0.2, 0.25) is 0 Å². The standard InChI is InChI=1S/C11H14BrF3N2O2S2/c1-8-9(6-10(12)20-8)21(18,19)17-4-2-16(3-5-17)7-11(13,14)15/h6H,2-5,7H2,1H3. The topological polar surface area (TPSA) is 40.6 Å². The minimum absolute atomic E-state index is 0.0747. The van der Waals surface area contributed by atoms with E-state index in [2.05, 4.69) is 15.9 Å². The number of hydrogen-bond donors (Lipinski definition) is 0. The molecule has 10 heteroatoms. The molecule has 120 valence electrons. The second-order valence-electron chi connectivity index (χ2n) is 4.77. The molecule has 4 nitrogen and oxygen atoms in total. The molecule has 0 aliphatic carbocycles. The predicted octanol–water partition coefficient (Wildman–Crippen LogP) is 2.69. The molecule has 1 aliphatic heterocycles. The molecule has 1 saturated heterocycles. The van der Waals surface area contributed by atoms with Crippen molar-refractivity contribution in [3.63, 3.8) is 0 Å².